The first-order valence-corrected chi connectivity index (χ1v) is 6.36. The first-order valence-electron chi connectivity index (χ1n) is 6.36. The summed E-state index contributed by atoms with van der Waals surface area (Å²) >= 11 is 0. The van der Waals surface area contributed by atoms with Crippen molar-refractivity contribution >= 4 is 11.9 Å². The van der Waals surface area contributed by atoms with Gasteiger partial charge >= 0.3 is 18.3 Å². The second kappa shape index (κ2) is 7.31. The van der Waals surface area contributed by atoms with Crippen LogP contribution < -0.4 is 11.3 Å². The van der Waals surface area contributed by atoms with E-state index >= 15 is 0 Å². The molecule has 0 saturated heterocycles. The van der Waals surface area contributed by atoms with Crippen LogP contribution in [0.1, 0.15) is 0 Å². The van der Waals surface area contributed by atoms with Gasteiger partial charge in [0.25, 0.3) is 5.91 Å². The van der Waals surface area contributed by atoms with E-state index in [9.17, 15) is 35.9 Å². The Labute approximate surface area is 136 Å². The third-order valence-electron chi connectivity index (χ3n) is 2.92. The van der Waals surface area contributed by atoms with Crippen LogP contribution in [-0.4, -0.2) is 48.2 Å². The number of hydrogen-bond acceptors (Lipinski definition) is 5. The van der Waals surface area contributed by atoms with E-state index in [1.165, 1.54) is 5.43 Å². The highest BCUT2D eigenvalue weighted by Gasteiger charge is 2.51. The van der Waals surface area contributed by atoms with Crippen LogP contribution in [0.25, 0.3) is 0 Å². The van der Waals surface area contributed by atoms with Crippen LogP contribution >= 0.6 is 0 Å². The van der Waals surface area contributed by atoms with E-state index in [0.717, 1.165) is 0 Å². The lowest BCUT2D eigenvalue weighted by Gasteiger charge is -2.35. The van der Waals surface area contributed by atoms with Gasteiger partial charge in [0.15, 0.2) is 12.2 Å². The van der Waals surface area contributed by atoms with Crippen molar-refractivity contribution in [2.75, 3.05) is 13.2 Å². The Bertz CT molecular complexity index is 586. The molecule has 1 rings (SSSR count). The number of carbonyl (C=O) groups is 2. The summed E-state index contributed by atoms with van der Waals surface area (Å²) in [5, 5.41) is 9.16. The number of carbonyl (C=O) groups excluding carboxylic acids is 1. The zero-order chi connectivity index (χ0) is 19.5. The Morgan fingerprint density at radius 2 is 1.76 bits per heavy atom. The van der Waals surface area contributed by atoms with Gasteiger partial charge < -0.3 is 14.6 Å². The van der Waals surface area contributed by atoms with Crippen molar-refractivity contribution in [3.8, 4) is 0 Å². The highest BCUT2D eigenvalue weighted by Crippen LogP contribution is 2.34. The SMILES string of the molecule is NNC(=O)[C@]1(OCC(F)(F)F)C=CC(OCC(F)(F)F)=C[C@@H]1C(=O)O. The molecule has 13 heteroatoms. The summed E-state index contributed by atoms with van der Waals surface area (Å²) in [4.78, 5) is 23.2. The molecule has 1 amide bonds. The van der Waals surface area contributed by atoms with Crippen LogP contribution in [0.2, 0.25) is 0 Å². The molecule has 1 aliphatic rings. The maximum atomic E-state index is 12.4. The molecule has 0 fully saturated rings. The topological polar surface area (TPSA) is 111 Å². The molecule has 0 unspecified atom stereocenters. The molecule has 0 radical (unpaired) electrons. The number of halogens is 6. The Balaban J connectivity index is 3.16. The van der Waals surface area contributed by atoms with E-state index in [4.69, 9.17) is 10.9 Å². The zero-order valence-electron chi connectivity index (χ0n) is 12.1. The normalized spacial score (nSPS) is 23.8. The molecule has 7 nitrogen and oxygen atoms in total. The van der Waals surface area contributed by atoms with Gasteiger partial charge in [0.1, 0.15) is 18.3 Å². The van der Waals surface area contributed by atoms with E-state index in [1.807, 2.05) is 0 Å². The highest BCUT2D eigenvalue weighted by molar-refractivity contribution is 5.94. The minimum absolute atomic E-state index is 0.527. The van der Waals surface area contributed by atoms with Gasteiger partial charge in [0, 0.05) is 0 Å². The Morgan fingerprint density at radius 1 is 1.20 bits per heavy atom. The molecule has 142 valence electrons. The molecule has 0 heterocycles. The number of rotatable bonds is 6. The van der Waals surface area contributed by atoms with Crippen LogP contribution in [0.5, 0.6) is 0 Å². The third-order valence-corrected chi connectivity index (χ3v) is 2.92. The number of aliphatic carboxylic acids is 1. The lowest BCUT2D eigenvalue weighted by atomic mass is 9.82. The van der Waals surface area contributed by atoms with Crippen molar-refractivity contribution in [3.05, 3.63) is 24.0 Å². The molecule has 0 saturated carbocycles. The van der Waals surface area contributed by atoms with Crippen molar-refractivity contribution in [1.82, 2.24) is 5.43 Å². The summed E-state index contributed by atoms with van der Waals surface area (Å²) < 4.78 is 82.3. The van der Waals surface area contributed by atoms with E-state index in [2.05, 4.69) is 9.47 Å². The smallest absolute Gasteiger partial charge is 0.422 e. The summed E-state index contributed by atoms with van der Waals surface area (Å²) in [6.45, 7) is -3.77. The molecule has 0 spiro atoms. The van der Waals surface area contributed by atoms with Crippen molar-refractivity contribution in [2.45, 2.75) is 18.0 Å². The average Bonchev–Trinajstić information content (AvgIpc) is 2.48. The molecule has 4 N–H and O–H groups in total. The number of nitrogens with two attached hydrogens (primary N) is 1. The lowest BCUT2D eigenvalue weighted by molar-refractivity contribution is -0.207. The minimum atomic E-state index is -4.91. The lowest BCUT2D eigenvalue weighted by Crippen LogP contribution is -2.57. The number of hydrazine groups is 1. The Hall–Kier alpha value is -2.28. The van der Waals surface area contributed by atoms with Crippen molar-refractivity contribution in [3.63, 3.8) is 0 Å². The number of allylic oxidation sites excluding steroid dienone is 1. The number of carboxylic acids is 1. The first-order chi connectivity index (χ1) is 11.3. The molecule has 0 bridgehead atoms. The quantitative estimate of drug-likeness (QED) is 0.276. The first kappa shape index (κ1) is 20.8. The highest BCUT2D eigenvalue weighted by atomic mass is 19.4. The largest absolute Gasteiger partial charge is 0.484 e. The fourth-order valence-electron chi connectivity index (χ4n) is 1.90. The van der Waals surface area contributed by atoms with Gasteiger partial charge in [-0.1, -0.05) is 0 Å². The summed E-state index contributed by atoms with van der Waals surface area (Å²) in [6.07, 6.45) is -7.87. The van der Waals surface area contributed by atoms with Crippen LogP contribution in [-0.2, 0) is 19.1 Å². The van der Waals surface area contributed by atoms with Gasteiger partial charge in [-0.15, -0.1) is 0 Å². The number of carboxylic acid groups (broad SMARTS) is 1. The second-order valence-electron chi connectivity index (χ2n) is 4.79. The molecule has 0 aromatic rings. The molecule has 1 aliphatic carbocycles. The molecular formula is C12H12F6N2O5. The fourth-order valence-corrected chi connectivity index (χ4v) is 1.90. The number of alkyl halides is 6. The number of hydrogen-bond donors (Lipinski definition) is 3. The van der Waals surface area contributed by atoms with E-state index in [-0.39, 0.29) is 0 Å². The minimum Gasteiger partial charge on any atom is -0.484 e. The van der Waals surface area contributed by atoms with Crippen LogP contribution in [0.3, 0.4) is 0 Å². The van der Waals surface area contributed by atoms with Gasteiger partial charge in [0.2, 0.25) is 0 Å². The Kier molecular flexibility index (Phi) is 6.07. The van der Waals surface area contributed by atoms with Gasteiger partial charge in [-0.05, 0) is 18.2 Å². The molecule has 25 heavy (non-hydrogen) atoms. The predicted molar refractivity (Wildman–Crippen MR) is 67.4 cm³/mol. The van der Waals surface area contributed by atoms with Crippen LogP contribution in [0.15, 0.2) is 24.0 Å². The second-order valence-corrected chi connectivity index (χ2v) is 4.79. The predicted octanol–water partition coefficient (Wildman–Crippen LogP) is 1.03. The fraction of sp³-hybridized carbons (Fsp3) is 0.500. The summed E-state index contributed by atoms with van der Waals surface area (Å²) in [7, 11) is 0. The standard InChI is InChI=1S/C12H12F6N2O5/c13-11(14,15)4-24-6-1-2-10(9(23)20-19,7(3-6)8(21)22)25-5-12(16,17)18/h1-3,7H,4-5,19H2,(H,20,23)(H,21,22)/t7-,10+/m1/s1. The molecular weight excluding hydrogens is 366 g/mol. The van der Waals surface area contributed by atoms with Crippen molar-refractivity contribution in [1.29, 1.82) is 0 Å². The number of ether oxygens (including phenoxy) is 2. The number of nitrogens with one attached hydrogen (secondary N) is 1. The van der Waals surface area contributed by atoms with Gasteiger partial charge in [-0.2, -0.15) is 26.3 Å². The molecule has 2 atom stereocenters. The van der Waals surface area contributed by atoms with Gasteiger partial charge in [-0.25, -0.2) is 5.84 Å². The maximum Gasteiger partial charge on any atom is 0.422 e. The van der Waals surface area contributed by atoms with Gasteiger partial charge in [0.05, 0.1) is 0 Å². The summed E-state index contributed by atoms with van der Waals surface area (Å²) in [5.74, 6) is -1.16. The van der Waals surface area contributed by atoms with Gasteiger partial charge in [-0.3, -0.25) is 15.0 Å². The van der Waals surface area contributed by atoms with Crippen LogP contribution in [0, 0.1) is 5.92 Å². The molecule has 0 aromatic carbocycles. The van der Waals surface area contributed by atoms with E-state index in [1.54, 1.807) is 0 Å². The third kappa shape index (κ3) is 5.63. The van der Waals surface area contributed by atoms with Crippen LogP contribution in [0.4, 0.5) is 26.3 Å². The van der Waals surface area contributed by atoms with Crippen molar-refractivity contribution < 1.29 is 50.5 Å². The summed E-state index contributed by atoms with van der Waals surface area (Å²) in [5.41, 5.74) is -1.25. The zero-order valence-corrected chi connectivity index (χ0v) is 12.1. The molecule has 0 aliphatic heterocycles. The average molecular weight is 378 g/mol. The summed E-state index contributed by atoms with van der Waals surface area (Å²) in [6, 6.07) is 0. The maximum absolute atomic E-state index is 12.4. The van der Waals surface area contributed by atoms with E-state index in [0.29, 0.717) is 18.2 Å². The molecule has 0 aromatic heterocycles. The van der Waals surface area contributed by atoms with E-state index < -0.39 is 54.7 Å². The Morgan fingerprint density at radius 3 is 2.20 bits per heavy atom. The monoisotopic (exact) mass is 378 g/mol. The van der Waals surface area contributed by atoms with Crippen molar-refractivity contribution in [2.24, 2.45) is 11.8 Å². The number of amides is 1.